The van der Waals surface area contributed by atoms with Gasteiger partial charge in [-0.2, -0.15) is 23.7 Å². The van der Waals surface area contributed by atoms with Crippen molar-refractivity contribution in [2.45, 2.75) is 12.5 Å². The van der Waals surface area contributed by atoms with Crippen LogP contribution in [0.3, 0.4) is 0 Å². The molecule has 0 saturated heterocycles. The normalized spacial score (nSPS) is 11.3. The molecule has 0 radical (unpaired) electrons. The molecule has 0 aliphatic heterocycles. The van der Waals surface area contributed by atoms with Crippen molar-refractivity contribution in [2.75, 3.05) is 0 Å². The van der Waals surface area contributed by atoms with Crippen molar-refractivity contribution in [1.29, 1.82) is 10.5 Å². The Hall–Kier alpha value is -2.20. The lowest BCUT2D eigenvalue weighted by molar-refractivity contribution is -0.276. The van der Waals surface area contributed by atoms with Gasteiger partial charge in [0.1, 0.15) is 17.7 Å². The highest BCUT2D eigenvalue weighted by Gasteiger charge is 2.40. The topological polar surface area (TPSA) is 56.8 Å². The monoisotopic (exact) mass is 384 g/mol. The highest BCUT2D eigenvalue weighted by molar-refractivity contribution is 9.10. The summed E-state index contributed by atoms with van der Waals surface area (Å²) in [6.45, 7) is 0. The Morgan fingerprint density at radius 3 is 2.05 bits per heavy atom. The van der Waals surface area contributed by atoms with Crippen LogP contribution in [0.15, 0.2) is 22.2 Å². The average Bonchev–Trinajstić information content (AvgIpc) is 2.36. The molecule has 1 aromatic rings. The van der Waals surface area contributed by atoms with Gasteiger partial charge >= 0.3 is 12.5 Å². The fraction of sp³-hybridized carbons (Fsp3) is 0.167. The van der Waals surface area contributed by atoms with E-state index in [0.717, 1.165) is 12.1 Å². The molecule has 0 unspecified atom stereocenters. The Balaban J connectivity index is 3.55. The molecule has 0 amide bonds. The fourth-order valence-electron chi connectivity index (χ4n) is 1.38. The summed E-state index contributed by atoms with van der Waals surface area (Å²) >= 11 is 2.56. The molecule has 0 aromatic heterocycles. The summed E-state index contributed by atoms with van der Waals surface area (Å²) in [6.07, 6.45) is -9.64. The van der Waals surface area contributed by atoms with Gasteiger partial charge in [-0.05, 0) is 39.7 Å². The molecule has 116 valence electrons. The van der Waals surface area contributed by atoms with Gasteiger partial charge in [-0.25, -0.2) is 0 Å². The second-order valence-corrected chi connectivity index (χ2v) is 4.56. The molecule has 0 N–H and O–H groups in total. The number of benzene rings is 1. The summed E-state index contributed by atoms with van der Waals surface area (Å²) in [5.41, 5.74) is -2.49. The van der Waals surface area contributed by atoms with E-state index >= 15 is 0 Å². The molecule has 1 rings (SSSR count). The predicted molar refractivity (Wildman–Crippen MR) is 65.0 cm³/mol. The minimum atomic E-state index is -5.32. The van der Waals surface area contributed by atoms with Crippen molar-refractivity contribution in [3.05, 3.63) is 33.3 Å². The molecule has 3 nitrogen and oxygen atoms in total. The van der Waals surface area contributed by atoms with E-state index in [2.05, 4.69) is 20.7 Å². The Kier molecular flexibility index (Phi) is 5.09. The van der Waals surface area contributed by atoms with Crippen molar-refractivity contribution in [2.24, 2.45) is 0 Å². The van der Waals surface area contributed by atoms with Crippen molar-refractivity contribution in [3.8, 4) is 17.9 Å². The van der Waals surface area contributed by atoms with Crippen LogP contribution in [-0.4, -0.2) is 6.36 Å². The largest absolute Gasteiger partial charge is 0.573 e. The Labute approximate surface area is 128 Å². The SMILES string of the molecule is N#CC(C#N)=Cc1cc(Br)c(OC(F)(F)F)c(C(F)(F)F)c1. The number of alkyl halides is 6. The minimum Gasteiger partial charge on any atom is -0.404 e. The molecule has 0 aliphatic rings. The molecule has 10 heteroatoms. The zero-order valence-electron chi connectivity index (χ0n) is 10.2. The van der Waals surface area contributed by atoms with Crippen LogP contribution >= 0.6 is 15.9 Å². The fourth-order valence-corrected chi connectivity index (χ4v) is 1.94. The van der Waals surface area contributed by atoms with E-state index in [0.29, 0.717) is 6.07 Å². The van der Waals surface area contributed by atoms with E-state index < -0.39 is 33.9 Å². The third-order valence-electron chi connectivity index (χ3n) is 2.14. The standard InChI is InChI=1S/C12H3BrF6N2O/c13-9-3-6(1-7(4-20)5-21)2-8(11(14,15)16)10(9)22-12(17,18)19/h1-3H. The molecule has 0 bridgehead atoms. The number of nitrogens with zero attached hydrogens (tertiary/aromatic N) is 2. The van der Waals surface area contributed by atoms with Gasteiger partial charge in [0.2, 0.25) is 0 Å². The number of allylic oxidation sites excluding steroid dienone is 1. The summed E-state index contributed by atoms with van der Waals surface area (Å²) in [6, 6.07) is 4.06. The lowest BCUT2D eigenvalue weighted by Crippen LogP contribution is -2.20. The van der Waals surface area contributed by atoms with Crippen LogP contribution in [0.5, 0.6) is 5.75 Å². The van der Waals surface area contributed by atoms with Gasteiger partial charge in [-0.3, -0.25) is 0 Å². The van der Waals surface area contributed by atoms with Gasteiger partial charge in [-0.15, -0.1) is 13.2 Å². The van der Waals surface area contributed by atoms with E-state index in [4.69, 9.17) is 10.5 Å². The first kappa shape index (κ1) is 17.9. The second kappa shape index (κ2) is 6.28. The van der Waals surface area contributed by atoms with Crippen LogP contribution in [0.4, 0.5) is 26.3 Å². The molecule has 22 heavy (non-hydrogen) atoms. The first-order valence-electron chi connectivity index (χ1n) is 5.16. The van der Waals surface area contributed by atoms with Gasteiger partial charge < -0.3 is 4.74 Å². The second-order valence-electron chi connectivity index (χ2n) is 3.71. The Morgan fingerprint density at radius 2 is 1.64 bits per heavy atom. The first-order valence-corrected chi connectivity index (χ1v) is 5.95. The molecular weight excluding hydrogens is 382 g/mol. The number of rotatable bonds is 2. The lowest BCUT2D eigenvalue weighted by atomic mass is 10.1. The molecule has 0 spiro atoms. The summed E-state index contributed by atoms with van der Waals surface area (Å²) in [7, 11) is 0. The van der Waals surface area contributed by atoms with Crippen molar-refractivity contribution >= 4 is 22.0 Å². The van der Waals surface area contributed by atoms with Crippen molar-refractivity contribution in [1.82, 2.24) is 0 Å². The van der Waals surface area contributed by atoms with Crippen molar-refractivity contribution < 1.29 is 31.1 Å². The maximum atomic E-state index is 12.9. The van der Waals surface area contributed by atoms with Crippen LogP contribution in [0, 0.1) is 22.7 Å². The van der Waals surface area contributed by atoms with Gasteiger partial charge in [0, 0.05) is 0 Å². The van der Waals surface area contributed by atoms with Gasteiger partial charge in [0.15, 0.2) is 5.75 Å². The van der Waals surface area contributed by atoms with E-state index in [-0.39, 0.29) is 5.56 Å². The lowest BCUT2D eigenvalue weighted by Gasteiger charge is -2.17. The zero-order chi connectivity index (χ0) is 17.1. The van der Waals surface area contributed by atoms with Crippen LogP contribution in [0.25, 0.3) is 6.08 Å². The molecule has 1 aromatic carbocycles. The van der Waals surface area contributed by atoms with Crippen LogP contribution in [0.2, 0.25) is 0 Å². The van der Waals surface area contributed by atoms with E-state index in [1.165, 1.54) is 12.1 Å². The van der Waals surface area contributed by atoms with Crippen LogP contribution in [0.1, 0.15) is 11.1 Å². The maximum Gasteiger partial charge on any atom is 0.573 e. The number of nitriles is 2. The van der Waals surface area contributed by atoms with Gasteiger partial charge in [0.05, 0.1) is 10.0 Å². The van der Waals surface area contributed by atoms with E-state index in [9.17, 15) is 26.3 Å². The summed E-state index contributed by atoms with van der Waals surface area (Å²) < 4.78 is 78.0. The Morgan fingerprint density at radius 1 is 1.09 bits per heavy atom. The smallest absolute Gasteiger partial charge is 0.404 e. The highest BCUT2D eigenvalue weighted by Crippen LogP contribution is 2.43. The summed E-state index contributed by atoms with van der Waals surface area (Å²) in [4.78, 5) is 0. The average molecular weight is 385 g/mol. The molecule has 0 fully saturated rings. The van der Waals surface area contributed by atoms with Gasteiger partial charge in [0.25, 0.3) is 0 Å². The molecule has 0 saturated carbocycles. The highest BCUT2D eigenvalue weighted by atomic mass is 79.9. The quantitative estimate of drug-likeness (QED) is 0.543. The summed E-state index contributed by atoms with van der Waals surface area (Å²) in [5, 5.41) is 17.1. The zero-order valence-corrected chi connectivity index (χ0v) is 11.8. The van der Waals surface area contributed by atoms with E-state index in [1.807, 2.05) is 0 Å². The molecule has 0 atom stereocenters. The number of hydrogen-bond acceptors (Lipinski definition) is 3. The van der Waals surface area contributed by atoms with Gasteiger partial charge in [-0.1, -0.05) is 0 Å². The molecule has 0 heterocycles. The number of ether oxygens (including phenoxy) is 1. The predicted octanol–water partition coefficient (Wildman–Crippen LogP) is 4.80. The number of halogens is 7. The third kappa shape index (κ3) is 4.67. The molecular formula is C12H3BrF6N2O. The Bertz CT molecular complexity index is 678. The first-order chi connectivity index (χ1) is 9.97. The van der Waals surface area contributed by atoms with Crippen LogP contribution < -0.4 is 4.74 Å². The van der Waals surface area contributed by atoms with Crippen LogP contribution in [-0.2, 0) is 6.18 Å². The third-order valence-corrected chi connectivity index (χ3v) is 2.73. The summed E-state index contributed by atoms with van der Waals surface area (Å²) in [5.74, 6) is -1.45. The van der Waals surface area contributed by atoms with Crippen molar-refractivity contribution in [3.63, 3.8) is 0 Å². The van der Waals surface area contributed by atoms with E-state index in [1.54, 1.807) is 0 Å². The maximum absolute atomic E-state index is 12.9. The molecule has 0 aliphatic carbocycles. The minimum absolute atomic E-state index is 0.285. The number of hydrogen-bond donors (Lipinski definition) is 0.